The Bertz CT molecular complexity index is 702. The first-order chi connectivity index (χ1) is 11.8. The number of nitrogens with zero attached hydrogens (tertiary/aromatic N) is 2. The molecule has 0 aliphatic heterocycles. The number of carbonyl (C=O) groups is 2. The lowest BCUT2D eigenvalue weighted by atomic mass is 9.92. The Hall–Kier alpha value is -2.63. The molecule has 2 rings (SSSR count). The summed E-state index contributed by atoms with van der Waals surface area (Å²) in [4.78, 5) is 23.8. The molecule has 6 heteroatoms. The highest BCUT2D eigenvalue weighted by molar-refractivity contribution is 5.93. The number of amides is 2. The van der Waals surface area contributed by atoms with Crippen LogP contribution in [0.4, 0.5) is 5.82 Å². The van der Waals surface area contributed by atoms with Crippen LogP contribution in [0, 0.1) is 5.41 Å². The molecule has 2 N–H and O–H groups in total. The summed E-state index contributed by atoms with van der Waals surface area (Å²) in [6.07, 6.45) is 2.86. The molecule has 0 saturated carbocycles. The van der Waals surface area contributed by atoms with Gasteiger partial charge < -0.3 is 10.6 Å². The van der Waals surface area contributed by atoms with E-state index >= 15 is 0 Å². The van der Waals surface area contributed by atoms with Gasteiger partial charge >= 0.3 is 0 Å². The van der Waals surface area contributed by atoms with Crippen LogP contribution in [-0.4, -0.2) is 28.1 Å². The Labute approximate surface area is 148 Å². The molecule has 0 bridgehead atoms. The molecule has 0 spiro atoms. The second-order valence-electron chi connectivity index (χ2n) is 7.24. The van der Waals surface area contributed by atoms with Gasteiger partial charge in [0.25, 0.3) is 0 Å². The third kappa shape index (κ3) is 6.79. The van der Waals surface area contributed by atoms with E-state index in [1.165, 1.54) is 5.56 Å². The van der Waals surface area contributed by atoms with E-state index in [-0.39, 0.29) is 23.8 Å². The number of aryl methyl sites for hydroxylation is 2. The maximum atomic E-state index is 12.0. The molecule has 134 valence electrons. The van der Waals surface area contributed by atoms with Gasteiger partial charge in [0.2, 0.25) is 11.8 Å². The minimum Gasteiger partial charge on any atom is -0.347 e. The first-order valence-corrected chi connectivity index (χ1v) is 8.46. The standard InChI is InChI=1S/C19H26N4O2/c1-19(2,3)13-17(24)20-14-18(25)22-16-9-11-21-23(16)12-10-15-7-5-4-6-8-15/h4-9,11H,10,12-14H2,1-3H3,(H,20,24)(H,22,25). The van der Waals surface area contributed by atoms with Crippen LogP contribution < -0.4 is 10.6 Å². The van der Waals surface area contributed by atoms with Crippen LogP contribution in [0.5, 0.6) is 0 Å². The molecule has 2 aromatic rings. The van der Waals surface area contributed by atoms with Gasteiger partial charge in [-0.3, -0.25) is 9.59 Å². The number of hydrogen-bond acceptors (Lipinski definition) is 3. The summed E-state index contributed by atoms with van der Waals surface area (Å²) in [5, 5.41) is 9.68. The molecular weight excluding hydrogens is 316 g/mol. The minimum absolute atomic E-state index is 0.0429. The van der Waals surface area contributed by atoms with Crippen LogP contribution in [0.15, 0.2) is 42.6 Å². The summed E-state index contributed by atoms with van der Waals surface area (Å²) in [6, 6.07) is 11.9. The van der Waals surface area contributed by atoms with Gasteiger partial charge in [-0.15, -0.1) is 0 Å². The average molecular weight is 342 g/mol. The lowest BCUT2D eigenvalue weighted by Crippen LogP contribution is -2.35. The van der Waals surface area contributed by atoms with Gasteiger partial charge in [0.15, 0.2) is 0 Å². The molecule has 1 aromatic carbocycles. The number of rotatable bonds is 7. The number of benzene rings is 1. The SMILES string of the molecule is CC(C)(C)CC(=O)NCC(=O)Nc1ccnn1CCc1ccccc1. The van der Waals surface area contributed by atoms with Crippen LogP contribution in [0.1, 0.15) is 32.8 Å². The van der Waals surface area contributed by atoms with Crippen molar-refractivity contribution in [2.45, 2.75) is 40.2 Å². The largest absolute Gasteiger partial charge is 0.347 e. The summed E-state index contributed by atoms with van der Waals surface area (Å²) in [5.74, 6) is 0.245. The molecule has 25 heavy (non-hydrogen) atoms. The average Bonchev–Trinajstić information content (AvgIpc) is 2.97. The molecule has 6 nitrogen and oxygen atoms in total. The zero-order valence-corrected chi connectivity index (χ0v) is 15.1. The fourth-order valence-corrected chi connectivity index (χ4v) is 2.41. The zero-order valence-electron chi connectivity index (χ0n) is 15.1. The quantitative estimate of drug-likeness (QED) is 0.812. The Morgan fingerprint density at radius 2 is 1.80 bits per heavy atom. The molecule has 0 radical (unpaired) electrons. The fraction of sp³-hybridized carbons (Fsp3) is 0.421. The topological polar surface area (TPSA) is 76.0 Å². The molecule has 0 aliphatic carbocycles. The monoisotopic (exact) mass is 342 g/mol. The maximum absolute atomic E-state index is 12.0. The van der Waals surface area contributed by atoms with Crippen LogP contribution in [0.3, 0.4) is 0 Å². The Morgan fingerprint density at radius 1 is 1.08 bits per heavy atom. The van der Waals surface area contributed by atoms with E-state index in [1.54, 1.807) is 16.9 Å². The third-order valence-corrected chi connectivity index (χ3v) is 3.58. The number of aromatic nitrogens is 2. The number of hydrogen-bond donors (Lipinski definition) is 2. The predicted octanol–water partition coefficient (Wildman–Crippen LogP) is 2.62. The zero-order chi connectivity index (χ0) is 18.3. The smallest absolute Gasteiger partial charge is 0.244 e. The van der Waals surface area contributed by atoms with Gasteiger partial charge in [0.1, 0.15) is 5.82 Å². The van der Waals surface area contributed by atoms with Gasteiger partial charge in [0.05, 0.1) is 12.7 Å². The minimum atomic E-state index is -0.260. The predicted molar refractivity (Wildman–Crippen MR) is 98.1 cm³/mol. The van der Waals surface area contributed by atoms with Crippen molar-refractivity contribution in [1.82, 2.24) is 15.1 Å². The summed E-state index contributed by atoms with van der Waals surface area (Å²) < 4.78 is 1.75. The highest BCUT2D eigenvalue weighted by Gasteiger charge is 2.16. The third-order valence-electron chi connectivity index (χ3n) is 3.58. The fourth-order valence-electron chi connectivity index (χ4n) is 2.41. The molecule has 1 heterocycles. The summed E-state index contributed by atoms with van der Waals surface area (Å²) in [5.41, 5.74) is 1.11. The summed E-state index contributed by atoms with van der Waals surface area (Å²) >= 11 is 0. The van der Waals surface area contributed by atoms with E-state index < -0.39 is 0 Å². The van der Waals surface area contributed by atoms with E-state index in [9.17, 15) is 9.59 Å². The number of anilines is 1. The van der Waals surface area contributed by atoms with Crippen molar-refractivity contribution < 1.29 is 9.59 Å². The second-order valence-corrected chi connectivity index (χ2v) is 7.24. The summed E-state index contributed by atoms with van der Waals surface area (Å²) in [7, 11) is 0. The molecule has 0 unspecified atom stereocenters. The first kappa shape index (κ1) is 18.7. The Morgan fingerprint density at radius 3 is 2.48 bits per heavy atom. The highest BCUT2D eigenvalue weighted by Crippen LogP contribution is 2.17. The van der Waals surface area contributed by atoms with Crippen LogP contribution in [-0.2, 0) is 22.6 Å². The Kier molecular flexibility index (Phi) is 6.33. The van der Waals surface area contributed by atoms with Crippen molar-refractivity contribution in [2.24, 2.45) is 5.41 Å². The molecule has 0 saturated heterocycles. The van der Waals surface area contributed by atoms with Gasteiger partial charge in [-0.25, -0.2) is 4.68 Å². The van der Waals surface area contributed by atoms with Gasteiger partial charge in [-0.05, 0) is 17.4 Å². The maximum Gasteiger partial charge on any atom is 0.244 e. The highest BCUT2D eigenvalue weighted by atomic mass is 16.2. The number of carbonyl (C=O) groups excluding carboxylic acids is 2. The van der Waals surface area contributed by atoms with E-state index in [0.717, 1.165) is 6.42 Å². The molecule has 0 atom stereocenters. The van der Waals surface area contributed by atoms with Crippen molar-refractivity contribution in [3.8, 4) is 0 Å². The molecule has 2 amide bonds. The lowest BCUT2D eigenvalue weighted by Gasteiger charge is -2.17. The lowest BCUT2D eigenvalue weighted by molar-refractivity contribution is -0.125. The van der Waals surface area contributed by atoms with E-state index in [2.05, 4.69) is 27.9 Å². The van der Waals surface area contributed by atoms with E-state index in [1.807, 2.05) is 39.0 Å². The molecule has 1 aromatic heterocycles. The van der Waals surface area contributed by atoms with Crippen molar-refractivity contribution in [3.05, 3.63) is 48.2 Å². The van der Waals surface area contributed by atoms with Crippen molar-refractivity contribution in [3.63, 3.8) is 0 Å². The Balaban J connectivity index is 1.81. The molecule has 0 fully saturated rings. The second kappa shape index (κ2) is 8.46. The normalized spacial score (nSPS) is 11.2. The van der Waals surface area contributed by atoms with Crippen LogP contribution in [0.25, 0.3) is 0 Å². The van der Waals surface area contributed by atoms with E-state index in [0.29, 0.717) is 18.8 Å². The van der Waals surface area contributed by atoms with Crippen LogP contribution in [0.2, 0.25) is 0 Å². The summed E-state index contributed by atoms with van der Waals surface area (Å²) in [6.45, 7) is 6.58. The van der Waals surface area contributed by atoms with Crippen LogP contribution >= 0.6 is 0 Å². The van der Waals surface area contributed by atoms with Gasteiger partial charge in [-0.1, -0.05) is 51.1 Å². The van der Waals surface area contributed by atoms with Gasteiger partial charge in [-0.2, -0.15) is 5.10 Å². The molecular formula is C19H26N4O2. The van der Waals surface area contributed by atoms with Gasteiger partial charge in [0, 0.05) is 19.0 Å². The van der Waals surface area contributed by atoms with Crippen molar-refractivity contribution in [1.29, 1.82) is 0 Å². The first-order valence-electron chi connectivity index (χ1n) is 8.46. The van der Waals surface area contributed by atoms with Crippen molar-refractivity contribution in [2.75, 3.05) is 11.9 Å². The van der Waals surface area contributed by atoms with E-state index in [4.69, 9.17) is 0 Å². The van der Waals surface area contributed by atoms with Crippen molar-refractivity contribution >= 4 is 17.6 Å². The number of nitrogens with one attached hydrogen (secondary N) is 2. The molecule has 0 aliphatic rings.